The molecule has 0 atom stereocenters. The van der Waals surface area contributed by atoms with Crippen LogP contribution in [0.3, 0.4) is 0 Å². The van der Waals surface area contributed by atoms with E-state index in [2.05, 4.69) is 10.1 Å². The van der Waals surface area contributed by atoms with Crippen molar-refractivity contribution >= 4 is 11.9 Å². The summed E-state index contributed by atoms with van der Waals surface area (Å²) >= 11 is 0. The summed E-state index contributed by atoms with van der Waals surface area (Å²) in [6, 6.07) is 7.47. The minimum absolute atomic E-state index is 0.503. The number of hydrogen-bond acceptors (Lipinski definition) is 3. The minimum atomic E-state index is 0.503. The third kappa shape index (κ3) is 1.44. The maximum Gasteiger partial charge on any atom is 0.183 e. The van der Waals surface area contributed by atoms with Crippen molar-refractivity contribution < 1.29 is 4.79 Å². The molecule has 3 aromatic rings. The molecule has 0 radical (unpaired) electrons. The molecular weight excluding hydrogens is 216 g/mol. The van der Waals surface area contributed by atoms with Gasteiger partial charge in [-0.2, -0.15) is 5.10 Å². The molecular formula is C12H10N4O. The molecule has 0 unspecified atom stereocenters. The molecule has 17 heavy (non-hydrogen) atoms. The van der Waals surface area contributed by atoms with Crippen LogP contribution in [-0.2, 0) is 0 Å². The van der Waals surface area contributed by atoms with E-state index in [0.29, 0.717) is 11.5 Å². The molecule has 0 N–H and O–H groups in total. The van der Waals surface area contributed by atoms with Gasteiger partial charge in [-0.1, -0.05) is 6.07 Å². The lowest BCUT2D eigenvalue weighted by Gasteiger charge is -1.96. The number of aromatic nitrogens is 4. The Morgan fingerprint density at radius 1 is 1.24 bits per heavy atom. The number of carbonyl (C=O) groups is 1. The van der Waals surface area contributed by atoms with E-state index >= 15 is 0 Å². The van der Waals surface area contributed by atoms with Crippen LogP contribution >= 0.6 is 0 Å². The van der Waals surface area contributed by atoms with Crippen molar-refractivity contribution in [2.24, 2.45) is 0 Å². The fraction of sp³-hybridized carbons (Fsp3) is 0.0833. The van der Waals surface area contributed by atoms with Crippen LogP contribution in [-0.4, -0.2) is 25.5 Å². The number of imidazole rings is 1. The van der Waals surface area contributed by atoms with Crippen molar-refractivity contribution in [2.75, 3.05) is 0 Å². The Bertz CT molecular complexity index is 695. The topological polar surface area (TPSA) is 52.2 Å². The molecule has 5 nitrogen and oxygen atoms in total. The van der Waals surface area contributed by atoms with Gasteiger partial charge in [0.05, 0.1) is 5.69 Å². The van der Waals surface area contributed by atoms with E-state index in [1.165, 1.54) is 0 Å². The van der Waals surface area contributed by atoms with Gasteiger partial charge in [0.2, 0.25) is 0 Å². The Kier molecular flexibility index (Phi) is 2.04. The monoisotopic (exact) mass is 226 g/mol. The summed E-state index contributed by atoms with van der Waals surface area (Å²) < 4.78 is 3.37. The van der Waals surface area contributed by atoms with Crippen molar-refractivity contribution in [3.05, 3.63) is 48.0 Å². The number of nitrogens with zero attached hydrogens (tertiary/aromatic N) is 4. The first-order chi connectivity index (χ1) is 8.29. The highest BCUT2D eigenvalue weighted by atomic mass is 16.1. The summed E-state index contributed by atoms with van der Waals surface area (Å²) in [6.45, 7) is 1.90. The van der Waals surface area contributed by atoms with Gasteiger partial charge in [-0.3, -0.25) is 9.20 Å². The van der Waals surface area contributed by atoms with E-state index in [-0.39, 0.29) is 0 Å². The molecule has 5 heteroatoms. The van der Waals surface area contributed by atoms with Crippen molar-refractivity contribution in [3.8, 4) is 5.82 Å². The normalized spacial score (nSPS) is 10.9. The lowest BCUT2D eigenvalue weighted by molar-refractivity contribution is 0.111. The van der Waals surface area contributed by atoms with E-state index < -0.39 is 0 Å². The van der Waals surface area contributed by atoms with E-state index in [9.17, 15) is 4.79 Å². The molecule has 0 amide bonds. The summed E-state index contributed by atoms with van der Waals surface area (Å²) in [6.07, 6.45) is 4.41. The second-order valence-corrected chi connectivity index (χ2v) is 3.77. The molecule has 3 aromatic heterocycles. The zero-order valence-electron chi connectivity index (χ0n) is 9.24. The second-order valence-electron chi connectivity index (χ2n) is 3.77. The highest BCUT2D eigenvalue weighted by Gasteiger charge is 2.13. The third-order valence-corrected chi connectivity index (χ3v) is 2.60. The molecule has 0 spiro atoms. The van der Waals surface area contributed by atoms with Crippen molar-refractivity contribution in [1.82, 2.24) is 19.2 Å². The summed E-state index contributed by atoms with van der Waals surface area (Å²) in [5, 5.41) is 4.27. The van der Waals surface area contributed by atoms with Gasteiger partial charge < -0.3 is 0 Å². The lowest BCUT2D eigenvalue weighted by Crippen LogP contribution is -2.00. The molecule has 0 aliphatic heterocycles. The maximum absolute atomic E-state index is 11.2. The third-order valence-electron chi connectivity index (χ3n) is 2.60. The number of hydrogen-bond donors (Lipinski definition) is 0. The molecule has 0 aliphatic carbocycles. The number of pyridine rings is 1. The molecule has 0 bridgehead atoms. The quantitative estimate of drug-likeness (QED) is 0.624. The Labute approximate surface area is 97.3 Å². The summed E-state index contributed by atoms with van der Waals surface area (Å²) in [4.78, 5) is 15.6. The molecule has 0 saturated heterocycles. The van der Waals surface area contributed by atoms with Crippen molar-refractivity contribution in [2.45, 2.75) is 6.92 Å². The Morgan fingerprint density at radius 3 is 2.82 bits per heavy atom. The van der Waals surface area contributed by atoms with Crippen LogP contribution in [0.25, 0.3) is 11.5 Å². The lowest BCUT2D eigenvalue weighted by atomic mass is 10.4. The predicted molar refractivity (Wildman–Crippen MR) is 62.4 cm³/mol. The van der Waals surface area contributed by atoms with Gasteiger partial charge in [-0.25, -0.2) is 9.67 Å². The van der Waals surface area contributed by atoms with Gasteiger partial charge in [-0.15, -0.1) is 0 Å². The van der Waals surface area contributed by atoms with Crippen LogP contribution in [0, 0.1) is 6.92 Å². The van der Waals surface area contributed by atoms with Gasteiger partial charge in [0.25, 0.3) is 0 Å². The van der Waals surface area contributed by atoms with E-state index in [1.54, 1.807) is 15.3 Å². The highest BCUT2D eigenvalue weighted by Crippen LogP contribution is 2.14. The zero-order chi connectivity index (χ0) is 11.8. The second kappa shape index (κ2) is 3.55. The van der Waals surface area contributed by atoms with E-state index in [1.807, 2.05) is 37.4 Å². The van der Waals surface area contributed by atoms with E-state index in [0.717, 1.165) is 17.6 Å². The number of rotatable bonds is 2. The van der Waals surface area contributed by atoms with Gasteiger partial charge in [0, 0.05) is 12.4 Å². The zero-order valence-corrected chi connectivity index (χ0v) is 9.24. The molecule has 3 heterocycles. The number of fused-ring (bicyclic) bond motifs is 1. The van der Waals surface area contributed by atoms with Gasteiger partial charge >= 0.3 is 0 Å². The number of aryl methyl sites for hydroxylation is 1. The van der Waals surface area contributed by atoms with Crippen molar-refractivity contribution in [3.63, 3.8) is 0 Å². The number of carbonyl (C=O) groups excluding carboxylic acids is 1. The Morgan fingerprint density at radius 2 is 2.12 bits per heavy atom. The fourth-order valence-electron chi connectivity index (χ4n) is 1.81. The van der Waals surface area contributed by atoms with Crippen LogP contribution in [0.15, 0.2) is 36.7 Å². The smallest absolute Gasteiger partial charge is 0.183 e. The SMILES string of the molecule is Cc1ccn(-c2nc3ccccn3c2C=O)n1. The van der Waals surface area contributed by atoms with Crippen molar-refractivity contribution in [1.29, 1.82) is 0 Å². The molecule has 0 aromatic carbocycles. The van der Waals surface area contributed by atoms with Gasteiger partial charge in [0.15, 0.2) is 12.1 Å². The Balaban J connectivity index is 2.32. The average molecular weight is 226 g/mol. The van der Waals surface area contributed by atoms with E-state index in [4.69, 9.17) is 0 Å². The van der Waals surface area contributed by atoms with Crippen LogP contribution in [0.2, 0.25) is 0 Å². The largest absolute Gasteiger partial charge is 0.296 e. The van der Waals surface area contributed by atoms with Crippen LogP contribution < -0.4 is 0 Å². The maximum atomic E-state index is 11.2. The molecule has 84 valence electrons. The van der Waals surface area contributed by atoms with Gasteiger partial charge in [0.1, 0.15) is 11.3 Å². The number of aldehydes is 1. The minimum Gasteiger partial charge on any atom is -0.296 e. The summed E-state index contributed by atoms with van der Waals surface area (Å²) in [5.41, 5.74) is 2.13. The first-order valence-electron chi connectivity index (χ1n) is 5.24. The molecule has 0 saturated carbocycles. The van der Waals surface area contributed by atoms with Crippen LogP contribution in [0.4, 0.5) is 0 Å². The molecule has 0 fully saturated rings. The predicted octanol–water partition coefficient (Wildman–Crippen LogP) is 1.64. The molecule has 0 aliphatic rings. The first-order valence-corrected chi connectivity index (χ1v) is 5.24. The highest BCUT2D eigenvalue weighted by molar-refractivity contribution is 5.79. The van der Waals surface area contributed by atoms with Crippen LogP contribution in [0.1, 0.15) is 16.2 Å². The standard InChI is InChI=1S/C12H10N4O/c1-9-5-7-16(14-9)12-10(8-17)15-6-3-2-4-11(15)13-12/h2-8H,1H3. The van der Waals surface area contributed by atoms with Crippen LogP contribution in [0.5, 0.6) is 0 Å². The average Bonchev–Trinajstić information content (AvgIpc) is 2.91. The first kappa shape index (κ1) is 9.77. The Hall–Kier alpha value is -2.43. The molecule has 3 rings (SSSR count). The summed E-state index contributed by atoms with van der Waals surface area (Å²) in [5.74, 6) is 0.555. The van der Waals surface area contributed by atoms with Gasteiger partial charge in [-0.05, 0) is 25.1 Å². The fourth-order valence-corrected chi connectivity index (χ4v) is 1.81. The summed E-state index contributed by atoms with van der Waals surface area (Å²) in [7, 11) is 0.